The molecule has 2 heterocycles. The summed E-state index contributed by atoms with van der Waals surface area (Å²) in [5.74, 6) is -0.995. The second-order valence-corrected chi connectivity index (χ2v) is 5.37. The number of ether oxygens (including phenoxy) is 1. The summed E-state index contributed by atoms with van der Waals surface area (Å²) < 4.78 is 5.18. The van der Waals surface area contributed by atoms with Crippen LogP contribution in [0.2, 0.25) is 0 Å². The zero-order valence-corrected chi connectivity index (χ0v) is 10.6. The van der Waals surface area contributed by atoms with Crippen LogP contribution < -0.4 is 5.73 Å². The highest BCUT2D eigenvalue weighted by Crippen LogP contribution is 2.35. The third kappa shape index (κ3) is 1.99. The monoisotopic (exact) mass is 256 g/mol. The van der Waals surface area contributed by atoms with Crippen LogP contribution in [0.15, 0.2) is 0 Å². The van der Waals surface area contributed by atoms with Gasteiger partial charge in [-0.3, -0.25) is 9.59 Å². The molecule has 102 valence electrons. The van der Waals surface area contributed by atoms with Gasteiger partial charge in [0.25, 0.3) is 0 Å². The van der Waals surface area contributed by atoms with Crippen LogP contribution in [0, 0.1) is 5.41 Å². The quantitative estimate of drug-likeness (QED) is 0.730. The Balaban J connectivity index is 2.09. The minimum absolute atomic E-state index is 0.170. The van der Waals surface area contributed by atoms with Gasteiger partial charge in [0.05, 0.1) is 12.0 Å². The van der Waals surface area contributed by atoms with Crippen LogP contribution in [-0.4, -0.2) is 53.7 Å². The minimum atomic E-state index is -0.956. The van der Waals surface area contributed by atoms with Gasteiger partial charge in [-0.15, -0.1) is 0 Å². The van der Waals surface area contributed by atoms with Crippen molar-refractivity contribution in [3.05, 3.63) is 0 Å². The first-order chi connectivity index (χ1) is 8.43. The maximum Gasteiger partial charge on any atom is 0.311 e. The number of carboxylic acid groups (broad SMARTS) is 1. The average molecular weight is 256 g/mol. The molecular weight excluding hydrogens is 236 g/mol. The summed E-state index contributed by atoms with van der Waals surface area (Å²) >= 11 is 0. The van der Waals surface area contributed by atoms with Gasteiger partial charge in [0.1, 0.15) is 5.54 Å². The second kappa shape index (κ2) is 4.51. The van der Waals surface area contributed by atoms with Crippen molar-refractivity contribution in [2.75, 3.05) is 26.3 Å². The second-order valence-electron chi connectivity index (χ2n) is 5.37. The highest BCUT2D eigenvalue weighted by Gasteiger charge is 2.49. The molecule has 1 amide bonds. The van der Waals surface area contributed by atoms with E-state index in [-0.39, 0.29) is 19.1 Å². The van der Waals surface area contributed by atoms with Gasteiger partial charge >= 0.3 is 5.97 Å². The van der Waals surface area contributed by atoms with Crippen LogP contribution in [0.5, 0.6) is 0 Å². The van der Waals surface area contributed by atoms with Crippen molar-refractivity contribution >= 4 is 11.9 Å². The van der Waals surface area contributed by atoms with E-state index in [4.69, 9.17) is 10.5 Å². The van der Waals surface area contributed by atoms with Crippen LogP contribution in [0.4, 0.5) is 0 Å². The Morgan fingerprint density at radius 1 is 1.44 bits per heavy atom. The number of hydrogen-bond acceptors (Lipinski definition) is 4. The highest BCUT2D eigenvalue weighted by molar-refractivity contribution is 5.88. The first-order valence-electron chi connectivity index (χ1n) is 6.33. The summed E-state index contributed by atoms with van der Waals surface area (Å²) in [4.78, 5) is 25.2. The number of rotatable bonds is 3. The third-order valence-corrected chi connectivity index (χ3v) is 4.25. The van der Waals surface area contributed by atoms with E-state index in [0.29, 0.717) is 32.4 Å². The van der Waals surface area contributed by atoms with Gasteiger partial charge in [0, 0.05) is 19.7 Å². The van der Waals surface area contributed by atoms with Crippen molar-refractivity contribution in [2.45, 2.75) is 31.7 Å². The maximum absolute atomic E-state index is 12.3. The lowest BCUT2D eigenvalue weighted by atomic mass is 9.84. The Bertz CT molecular complexity index is 365. The molecule has 2 unspecified atom stereocenters. The summed E-state index contributed by atoms with van der Waals surface area (Å²) in [7, 11) is 0. The number of amides is 1. The molecule has 0 aromatic carbocycles. The number of likely N-dealkylation sites (tertiary alicyclic amines) is 1. The van der Waals surface area contributed by atoms with E-state index < -0.39 is 16.9 Å². The van der Waals surface area contributed by atoms with E-state index in [1.807, 2.05) is 6.92 Å². The molecule has 2 rings (SSSR count). The van der Waals surface area contributed by atoms with Gasteiger partial charge < -0.3 is 20.5 Å². The predicted molar refractivity (Wildman–Crippen MR) is 63.9 cm³/mol. The van der Waals surface area contributed by atoms with Gasteiger partial charge in [-0.2, -0.15) is 0 Å². The van der Waals surface area contributed by atoms with Crippen LogP contribution in [0.1, 0.15) is 26.2 Å². The molecule has 2 saturated heterocycles. The number of hydrogen-bond donors (Lipinski definition) is 2. The van der Waals surface area contributed by atoms with Gasteiger partial charge in [0.15, 0.2) is 0 Å². The number of nitrogens with zero attached hydrogens (tertiary/aromatic N) is 1. The molecule has 18 heavy (non-hydrogen) atoms. The van der Waals surface area contributed by atoms with Crippen LogP contribution in [-0.2, 0) is 14.3 Å². The Kier molecular flexibility index (Phi) is 3.33. The molecule has 0 aromatic rings. The number of carbonyl (C=O) groups excluding carboxylic acids is 1. The molecule has 0 bridgehead atoms. The highest BCUT2D eigenvalue weighted by atomic mass is 16.5. The molecular formula is C12H20N2O4. The Hall–Kier alpha value is -1.14. The van der Waals surface area contributed by atoms with E-state index in [1.54, 1.807) is 4.90 Å². The summed E-state index contributed by atoms with van der Waals surface area (Å²) in [6, 6.07) is 0. The summed E-state index contributed by atoms with van der Waals surface area (Å²) in [5, 5.41) is 9.30. The van der Waals surface area contributed by atoms with Crippen LogP contribution in [0.25, 0.3) is 0 Å². The molecule has 6 heteroatoms. The molecule has 2 aliphatic rings. The number of carboxylic acids is 1. The maximum atomic E-state index is 12.3. The zero-order valence-electron chi connectivity index (χ0n) is 10.6. The normalized spacial score (nSPS) is 36.0. The van der Waals surface area contributed by atoms with E-state index in [0.717, 1.165) is 0 Å². The summed E-state index contributed by atoms with van der Waals surface area (Å²) in [6.45, 7) is 3.30. The van der Waals surface area contributed by atoms with Crippen molar-refractivity contribution in [1.82, 2.24) is 4.90 Å². The molecule has 6 nitrogen and oxygen atoms in total. The zero-order chi connectivity index (χ0) is 13.4. The number of nitrogens with two attached hydrogens (primary N) is 1. The van der Waals surface area contributed by atoms with Crippen molar-refractivity contribution in [2.24, 2.45) is 11.1 Å². The fourth-order valence-electron chi connectivity index (χ4n) is 2.72. The first kappa shape index (κ1) is 13.3. The fourth-order valence-corrected chi connectivity index (χ4v) is 2.72. The van der Waals surface area contributed by atoms with Gasteiger partial charge in [-0.25, -0.2) is 0 Å². The summed E-state index contributed by atoms with van der Waals surface area (Å²) in [6.07, 6.45) is 1.54. The topological polar surface area (TPSA) is 92.9 Å². The predicted octanol–water partition coefficient (Wildman–Crippen LogP) is -0.182. The standard InChI is InChI=1S/C12H20N2O4/c1-2-11(10(16)17)3-5-14(7-11)9(15)12(13)4-6-18-8-12/h2-8,13H2,1H3,(H,16,17). The molecule has 2 aliphatic heterocycles. The average Bonchev–Trinajstić information content (AvgIpc) is 2.96. The lowest BCUT2D eigenvalue weighted by molar-refractivity contribution is -0.149. The minimum Gasteiger partial charge on any atom is -0.481 e. The Labute approximate surface area is 106 Å². The van der Waals surface area contributed by atoms with Gasteiger partial charge in [0.2, 0.25) is 5.91 Å². The van der Waals surface area contributed by atoms with Gasteiger partial charge in [-0.1, -0.05) is 6.92 Å². The Morgan fingerprint density at radius 3 is 2.61 bits per heavy atom. The van der Waals surface area contributed by atoms with Crippen LogP contribution >= 0.6 is 0 Å². The lowest BCUT2D eigenvalue weighted by Gasteiger charge is -2.29. The van der Waals surface area contributed by atoms with Crippen LogP contribution in [0.3, 0.4) is 0 Å². The molecule has 2 atom stereocenters. The smallest absolute Gasteiger partial charge is 0.311 e. The molecule has 3 N–H and O–H groups in total. The Morgan fingerprint density at radius 2 is 2.17 bits per heavy atom. The number of carbonyl (C=O) groups is 2. The lowest BCUT2D eigenvalue weighted by Crippen LogP contribution is -2.55. The summed E-state index contributed by atoms with van der Waals surface area (Å²) in [5.41, 5.74) is 4.27. The molecule has 2 fully saturated rings. The molecule has 0 radical (unpaired) electrons. The number of aliphatic carboxylic acids is 1. The fraction of sp³-hybridized carbons (Fsp3) is 0.833. The van der Waals surface area contributed by atoms with E-state index in [9.17, 15) is 14.7 Å². The van der Waals surface area contributed by atoms with E-state index >= 15 is 0 Å². The largest absolute Gasteiger partial charge is 0.481 e. The first-order valence-corrected chi connectivity index (χ1v) is 6.33. The van der Waals surface area contributed by atoms with Crippen molar-refractivity contribution in [1.29, 1.82) is 0 Å². The molecule has 0 aromatic heterocycles. The van der Waals surface area contributed by atoms with E-state index in [2.05, 4.69) is 0 Å². The van der Waals surface area contributed by atoms with Gasteiger partial charge in [-0.05, 0) is 19.3 Å². The van der Waals surface area contributed by atoms with Crippen molar-refractivity contribution in [3.8, 4) is 0 Å². The molecule has 0 spiro atoms. The van der Waals surface area contributed by atoms with Crippen molar-refractivity contribution in [3.63, 3.8) is 0 Å². The molecule has 0 aliphatic carbocycles. The third-order valence-electron chi connectivity index (χ3n) is 4.25. The van der Waals surface area contributed by atoms with Crippen molar-refractivity contribution < 1.29 is 19.4 Å². The molecule has 0 saturated carbocycles. The van der Waals surface area contributed by atoms with E-state index in [1.165, 1.54) is 0 Å². The SMILES string of the molecule is CCC1(C(=O)O)CCN(C(=O)C2(N)CCOC2)C1.